The smallest absolute Gasteiger partial charge is 0.257 e. The number of hydrogen-bond donors (Lipinski definition) is 1. The van der Waals surface area contributed by atoms with E-state index in [1.807, 2.05) is 54.9 Å². The molecular formula is C18H21N5O2. The highest BCUT2D eigenvalue weighted by Gasteiger charge is 2.09. The van der Waals surface area contributed by atoms with E-state index in [1.54, 1.807) is 0 Å². The molecule has 1 aromatic carbocycles. The predicted octanol–water partition coefficient (Wildman–Crippen LogP) is 2.30. The molecule has 2 heterocycles. The number of aryl methyl sites for hydroxylation is 3. The molecule has 3 aromatic rings. The van der Waals surface area contributed by atoms with Gasteiger partial charge in [0, 0.05) is 37.2 Å². The molecule has 0 bridgehead atoms. The van der Waals surface area contributed by atoms with Crippen LogP contribution in [0.15, 0.2) is 40.9 Å². The molecule has 0 aliphatic carbocycles. The van der Waals surface area contributed by atoms with E-state index in [4.69, 9.17) is 4.52 Å². The predicted molar refractivity (Wildman–Crippen MR) is 92.8 cm³/mol. The van der Waals surface area contributed by atoms with E-state index in [0.29, 0.717) is 37.6 Å². The van der Waals surface area contributed by atoms with Crippen LogP contribution in [-0.4, -0.2) is 32.4 Å². The molecule has 2 aromatic heterocycles. The van der Waals surface area contributed by atoms with Gasteiger partial charge in [-0.3, -0.25) is 9.48 Å². The summed E-state index contributed by atoms with van der Waals surface area (Å²) in [5.41, 5.74) is 2.91. The first-order valence-electron chi connectivity index (χ1n) is 8.27. The first kappa shape index (κ1) is 16.9. The van der Waals surface area contributed by atoms with Crippen LogP contribution in [-0.2, 0) is 17.8 Å². The van der Waals surface area contributed by atoms with Gasteiger partial charge < -0.3 is 9.84 Å². The van der Waals surface area contributed by atoms with Crippen LogP contribution < -0.4 is 5.32 Å². The number of hydrogen-bond acceptors (Lipinski definition) is 5. The van der Waals surface area contributed by atoms with Crippen molar-refractivity contribution in [3.05, 3.63) is 53.6 Å². The van der Waals surface area contributed by atoms with Crippen LogP contribution in [0.2, 0.25) is 0 Å². The van der Waals surface area contributed by atoms with Gasteiger partial charge in [-0.15, -0.1) is 0 Å². The molecule has 7 heteroatoms. The molecular weight excluding hydrogens is 318 g/mol. The van der Waals surface area contributed by atoms with Crippen LogP contribution in [0.25, 0.3) is 11.5 Å². The Labute approximate surface area is 146 Å². The topological polar surface area (TPSA) is 85.8 Å². The lowest BCUT2D eigenvalue weighted by Gasteiger charge is -2.05. The zero-order valence-electron chi connectivity index (χ0n) is 14.4. The summed E-state index contributed by atoms with van der Waals surface area (Å²) in [7, 11) is 0. The molecule has 0 aliphatic rings. The summed E-state index contributed by atoms with van der Waals surface area (Å²) in [4.78, 5) is 16.3. The summed E-state index contributed by atoms with van der Waals surface area (Å²) in [6.45, 7) is 4.98. The van der Waals surface area contributed by atoms with Gasteiger partial charge >= 0.3 is 0 Å². The van der Waals surface area contributed by atoms with Crippen molar-refractivity contribution in [2.45, 2.75) is 33.2 Å². The lowest BCUT2D eigenvalue weighted by atomic mass is 10.2. The number of carbonyl (C=O) groups is 1. The van der Waals surface area contributed by atoms with Crippen molar-refractivity contribution in [1.29, 1.82) is 0 Å². The summed E-state index contributed by atoms with van der Waals surface area (Å²) in [5, 5.41) is 11.2. The number of carbonyl (C=O) groups excluding carboxylic acids is 1. The van der Waals surface area contributed by atoms with Gasteiger partial charge in [0.15, 0.2) is 5.82 Å². The average molecular weight is 339 g/mol. The Kier molecular flexibility index (Phi) is 5.23. The first-order chi connectivity index (χ1) is 12.1. The van der Waals surface area contributed by atoms with Crippen LogP contribution in [0.5, 0.6) is 0 Å². The summed E-state index contributed by atoms with van der Waals surface area (Å²) >= 11 is 0. The Balaban J connectivity index is 1.43. The molecule has 0 spiro atoms. The van der Waals surface area contributed by atoms with E-state index >= 15 is 0 Å². The highest BCUT2D eigenvalue weighted by molar-refractivity contribution is 5.75. The summed E-state index contributed by atoms with van der Waals surface area (Å²) in [6.07, 6.45) is 0.922. The molecule has 0 radical (unpaired) electrons. The van der Waals surface area contributed by atoms with Crippen LogP contribution in [0.3, 0.4) is 0 Å². The summed E-state index contributed by atoms with van der Waals surface area (Å²) in [6, 6.07) is 11.6. The molecule has 130 valence electrons. The highest BCUT2D eigenvalue weighted by atomic mass is 16.5. The Morgan fingerprint density at radius 1 is 1.24 bits per heavy atom. The molecule has 1 amide bonds. The van der Waals surface area contributed by atoms with E-state index in [0.717, 1.165) is 17.0 Å². The monoisotopic (exact) mass is 339 g/mol. The maximum atomic E-state index is 11.9. The van der Waals surface area contributed by atoms with Gasteiger partial charge in [-0.2, -0.15) is 10.1 Å². The van der Waals surface area contributed by atoms with Crippen molar-refractivity contribution in [1.82, 2.24) is 25.2 Å². The minimum absolute atomic E-state index is 0.0145. The molecule has 25 heavy (non-hydrogen) atoms. The van der Waals surface area contributed by atoms with Crippen molar-refractivity contribution in [3.63, 3.8) is 0 Å². The number of nitrogens with zero attached hydrogens (tertiary/aromatic N) is 4. The molecule has 0 atom stereocenters. The second-order valence-corrected chi connectivity index (χ2v) is 5.88. The van der Waals surface area contributed by atoms with Gasteiger partial charge in [0.2, 0.25) is 5.91 Å². The Bertz CT molecular complexity index is 838. The minimum Gasteiger partial charge on any atom is -0.356 e. The number of rotatable bonds is 7. The largest absolute Gasteiger partial charge is 0.356 e. The number of aromatic nitrogens is 4. The van der Waals surface area contributed by atoms with Gasteiger partial charge in [-0.25, -0.2) is 0 Å². The Morgan fingerprint density at radius 2 is 2.04 bits per heavy atom. The third-order valence-electron chi connectivity index (χ3n) is 3.81. The van der Waals surface area contributed by atoms with E-state index < -0.39 is 0 Å². The second-order valence-electron chi connectivity index (χ2n) is 5.88. The molecule has 0 saturated heterocycles. The molecule has 0 fully saturated rings. The average Bonchev–Trinajstić information content (AvgIpc) is 3.20. The second kappa shape index (κ2) is 7.74. The molecule has 0 aliphatic heterocycles. The van der Waals surface area contributed by atoms with E-state index in [1.165, 1.54) is 0 Å². The Morgan fingerprint density at radius 3 is 2.76 bits per heavy atom. The zero-order valence-corrected chi connectivity index (χ0v) is 14.4. The van der Waals surface area contributed by atoms with Crippen molar-refractivity contribution in [2.24, 2.45) is 0 Å². The molecule has 7 nitrogen and oxygen atoms in total. The van der Waals surface area contributed by atoms with Gasteiger partial charge in [0.05, 0.1) is 5.69 Å². The summed E-state index contributed by atoms with van der Waals surface area (Å²) in [5.74, 6) is 1.06. The maximum absolute atomic E-state index is 11.9. The third-order valence-corrected chi connectivity index (χ3v) is 3.81. The van der Waals surface area contributed by atoms with Crippen LogP contribution >= 0.6 is 0 Å². The molecule has 1 N–H and O–H groups in total. The quantitative estimate of drug-likeness (QED) is 0.714. The SMILES string of the molecule is Cc1cc(C)n(CCC(=O)NCCc2noc(-c3ccccc3)n2)n1. The lowest BCUT2D eigenvalue weighted by molar-refractivity contribution is -0.121. The van der Waals surface area contributed by atoms with Crippen LogP contribution in [0, 0.1) is 13.8 Å². The fraction of sp³-hybridized carbons (Fsp3) is 0.333. The van der Waals surface area contributed by atoms with Crippen LogP contribution in [0.4, 0.5) is 0 Å². The fourth-order valence-corrected chi connectivity index (χ4v) is 2.56. The minimum atomic E-state index is -0.0145. The van der Waals surface area contributed by atoms with Crippen molar-refractivity contribution in [3.8, 4) is 11.5 Å². The van der Waals surface area contributed by atoms with Gasteiger partial charge in [-0.1, -0.05) is 23.4 Å². The van der Waals surface area contributed by atoms with Crippen molar-refractivity contribution >= 4 is 5.91 Å². The zero-order chi connectivity index (χ0) is 17.6. The first-order valence-corrected chi connectivity index (χ1v) is 8.27. The molecule has 0 unspecified atom stereocenters. The highest BCUT2D eigenvalue weighted by Crippen LogP contribution is 2.15. The number of nitrogens with one attached hydrogen (secondary N) is 1. The summed E-state index contributed by atoms with van der Waals surface area (Å²) < 4.78 is 7.09. The molecule has 3 rings (SSSR count). The maximum Gasteiger partial charge on any atom is 0.257 e. The lowest BCUT2D eigenvalue weighted by Crippen LogP contribution is -2.27. The van der Waals surface area contributed by atoms with Gasteiger partial charge in [-0.05, 0) is 32.0 Å². The molecule has 0 saturated carbocycles. The van der Waals surface area contributed by atoms with Crippen LogP contribution in [0.1, 0.15) is 23.6 Å². The van der Waals surface area contributed by atoms with Gasteiger partial charge in [0.1, 0.15) is 0 Å². The fourth-order valence-electron chi connectivity index (χ4n) is 2.56. The number of benzene rings is 1. The third kappa shape index (κ3) is 4.53. The van der Waals surface area contributed by atoms with E-state index in [-0.39, 0.29) is 5.91 Å². The van der Waals surface area contributed by atoms with Gasteiger partial charge in [0.25, 0.3) is 5.89 Å². The normalized spacial score (nSPS) is 10.8. The van der Waals surface area contributed by atoms with Crippen molar-refractivity contribution < 1.29 is 9.32 Å². The Hall–Kier alpha value is -2.96. The van der Waals surface area contributed by atoms with E-state index in [2.05, 4.69) is 20.6 Å². The van der Waals surface area contributed by atoms with E-state index in [9.17, 15) is 4.79 Å². The van der Waals surface area contributed by atoms with Crippen molar-refractivity contribution in [2.75, 3.05) is 6.54 Å². The standard InChI is InChI=1S/C18H21N5O2/c1-13-12-14(2)23(21-13)11-9-17(24)19-10-8-16-20-18(25-22-16)15-6-4-3-5-7-15/h3-7,12H,8-11H2,1-2H3,(H,19,24). The number of amides is 1.